The standard InChI is InChI=1S/C18H22Cl2N4O3.CH4/c1-11-10-23(5-6-24(11)14-8-12(19)7-13(20)9-14)15(25)3-4-18(2)16(26)21-17(27)22-18;/h7-9,11H,3-6,10H2,1-2H3,(H2,21,22,26,27);1H4/t11-,18?;/m0./s1. The van der Waals surface area contributed by atoms with Crippen LogP contribution >= 0.6 is 23.2 Å². The lowest BCUT2D eigenvalue weighted by Gasteiger charge is -2.41. The van der Waals surface area contributed by atoms with Gasteiger partial charge in [0.25, 0.3) is 5.91 Å². The summed E-state index contributed by atoms with van der Waals surface area (Å²) >= 11 is 12.2. The number of carbonyl (C=O) groups is 3. The van der Waals surface area contributed by atoms with E-state index < -0.39 is 17.5 Å². The van der Waals surface area contributed by atoms with Crippen molar-refractivity contribution < 1.29 is 14.4 Å². The van der Waals surface area contributed by atoms with Crippen LogP contribution in [0.25, 0.3) is 0 Å². The number of amides is 4. The number of carbonyl (C=O) groups excluding carboxylic acids is 3. The molecule has 9 heteroatoms. The second-order valence-corrected chi connectivity index (χ2v) is 8.12. The molecule has 0 bridgehead atoms. The van der Waals surface area contributed by atoms with Crippen LogP contribution < -0.4 is 15.5 Å². The average Bonchev–Trinajstić information content (AvgIpc) is 2.84. The molecule has 154 valence electrons. The zero-order valence-electron chi connectivity index (χ0n) is 15.2. The van der Waals surface area contributed by atoms with Gasteiger partial charge in [-0.25, -0.2) is 4.79 Å². The maximum atomic E-state index is 12.6. The van der Waals surface area contributed by atoms with Gasteiger partial charge in [-0.3, -0.25) is 14.9 Å². The van der Waals surface area contributed by atoms with Gasteiger partial charge in [0.1, 0.15) is 5.54 Å². The third-order valence-corrected chi connectivity index (χ3v) is 5.55. The number of piperazine rings is 1. The van der Waals surface area contributed by atoms with Crippen LogP contribution in [-0.4, -0.2) is 54.0 Å². The molecular formula is C19H26Cl2N4O3. The van der Waals surface area contributed by atoms with Gasteiger partial charge in [0, 0.05) is 47.8 Å². The molecule has 0 spiro atoms. The Labute approximate surface area is 175 Å². The Hall–Kier alpha value is -1.99. The van der Waals surface area contributed by atoms with E-state index in [4.69, 9.17) is 23.2 Å². The molecule has 0 radical (unpaired) electrons. The highest BCUT2D eigenvalue weighted by atomic mass is 35.5. The number of benzene rings is 1. The largest absolute Gasteiger partial charge is 0.365 e. The van der Waals surface area contributed by atoms with Gasteiger partial charge in [0.2, 0.25) is 5.91 Å². The summed E-state index contributed by atoms with van der Waals surface area (Å²) in [4.78, 5) is 39.7. The fourth-order valence-electron chi connectivity index (χ4n) is 3.54. The van der Waals surface area contributed by atoms with Crippen LogP contribution in [-0.2, 0) is 9.59 Å². The summed E-state index contributed by atoms with van der Waals surface area (Å²) in [6.45, 7) is 5.48. The van der Waals surface area contributed by atoms with E-state index in [0.717, 1.165) is 5.69 Å². The number of urea groups is 1. The van der Waals surface area contributed by atoms with Gasteiger partial charge in [0.05, 0.1) is 0 Å². The predicted octanol–water partition coefficient (Wildman–Crippen LogP) is 3.04. The Bertz CT molecular complexity index is 768. The predicted molar refractivity (Wildman–Crippen MR) is 111 cm³/mol. The molecule has 2 saturated heterocycles. The van der Waals surface area contributed by atoms with Gasteiger partial charge in [-0.05, 0) is 38.5 Å². The maximum Gasteiger partial charge on any atom is 0.322 e. The Balaban J connectivity index is 0.00000280. The lowest BCUT2D eigenvalue weighted by Crippen LogP contribution is -2.54. The molecule has 1 aromatic rings. The first kappa shape index (κ1) is 22.3. The van der Waals surface area contributed by atoms with E-state index in [9.17, 15) is 14.4 Å². The Morgan fingerprint density at radius 3 is 2.39 bits per heavy atom. The number of nitrogens with one attached hydrogen (secondary N) is 2. The third kappa shape index (κ3) is 4.70. The number of hydrogen-bond donors (Lipinski definition) is 2. The second kappa shape index (κ2) is 8.57. The van der Waals surface area contributed by atoms with Crippen molar-refractivity contribution in [3.63, 3.8) is 0 Å². The Morgan fingerprint density at radius 1 is 1.21 bits per heavy atom. The lowest BCUT2D eigenvalue weighted by atomic mass is 9.95. The Morgan fingerprint density at radius 2 is 1.86 bits per heavy atom. The van der Waals surface area contributed by atoms with Gasteiger partial charge in [-0.15, -0.1) is 0 Å². The first-order chi connectivity index (χ1) is 12.7. The molecule has 0 saturated carbocycles. The summed E-state index contributed by atoms with van der Waals surface area (Å²) in [7, 11) is 0. The first-order valence-electron chi connectivity index (χ1n) is 8.82. The summed E-state index contributed by atoms with van der Waals surface area (Å²) in [5.74, 6) is -0.419. The van der Waals surface area contributed by atoms with Crippen LogP contribution in [0.4, 0.5) is 10.5 Å². The monoisotopic (exact) mass is 428 g/mol. The fraction of sp³-hybridized carbons (Fsp3) is 0.526. The zero-order chi connectivity index (χ0) is 19.8. The van der Waals surface area contributed by atoms with Gasteiger partial charge >= 0.3 is 6.03 Å². The summed E-state index contributed by atoms with van der Waals surface area (Å²) in [6.07, 6.45) is 0.460. The van der Waals surface area contributed by atoms with E-state index >= 15 is 0 Å². The minimum absolute atomic E-state index is 0. The summed E-state index contributed by atoms with van der Waals surface area (Å²) < 4.78 is 0. The third-order valence-electron chi connectivity index (χ3n) is 5.12. The molecule has 2 aliphatic heterocycles. The molecular weight excluding hydrogens is 403 g/mol. The van der Waals surface area contributed by atoms with Crippen molar-refractivity contribution in [2.45, 2.75) is 45.7 Å². The molecule has 28 heavy (non-hydrogen) atoms. The number of hydrogen-bond acceptors (Lipinski definition) is 4. The van der Waals surface area contributed by atoms with E-state index in [1.807, 2.05) is 19.1 Å². The summed E-state index contributed by atoms with van der Waals surface area (Å²) in [5, 5.41) is 5.95. The molecule has 3 rings (SSSR count). The molecule has 2 N–H and O–H groups in total. The van der Waals surface area contributed by atoms with Crippen LogP contribution in [0.1, 0.15) is 34.1 Å². The van der Waals surface area contributed by atoms with Crippen LogP contribution in [0.2, 0.25) is 10.0 Å². The number of nitrogens with zero attached hydrogens (tertiary/aromatic N) is 2. The fourth-order valence-corrected chi connectivity index (χ4v) is 4.06. The highest BCUT2D eigenvalue weighted by Gasteiger charge is 2.42. The molecule has 1 aromatic carbocycles. The number of rotatable bonds is 4. The minimum atomic E-state index is -1.03. The van der Waals surface area contributed by atoms with E-state index in [1.54, 1.807) is 17.9 Å². The van der Waals surface area contributed by atoms with Crippen molar-refractivity contribution in [3.8, 4) is 0 Å². The molecule has 0 aliphatic carbocycles. The first-order valence-corrected chi connectivity index (χ1v) is 9.58. The molecule has 0 aromatic heterocycles. The zero-order valence-corrected chi connectivity index (χ0v) is 16.7. The normalized spacial score (nSPS) is 24.5. The minimum Gasteiger partial charge on any atom is -0.365 e. The molecule has 2 atom stereocenters. The molecule has 2 fully saturated rings. The maximum absolute atomic E-state index is 12.6. The average molecular weight is 429 g/mol. The van der Waals surface area contributed by atoms with Crippen molar-refractivity contribution in [1.82, 2.24) is 15.5 Å². The van der Waals surface area contributed by atoms with Crippen LogP contribution in [0, 0.1) is 0 Å². The van der Waals surface area contributed by atoms with Crippen LogP contribution in [0.3, 0.4) is 0 Å². The van der Waals surface area contributed by atoms with E-state index in [2.05, 4.69) is 15.5 Å². The summed E-state index contributed by atoms with van der Waals surface area (Å²) in [5.41, 5.74) is -0.0949. The van der Waals surface area contributed by atoms with Crippen molar-refractivity contribution in [1.29, 1.82) is 0 Å². The molecule has 4 amide bonds. The van der Waals surface area contributed by atoms with Crippen molar-refractivity contribution in [2.75, 3.05) is 24.5 Å². The summed E-state index contributed by atoms with van der Waals surface area (Å²) in [6, 6.07) is 5.00. The number of anilines is 1. The highest BCUT2D eigenvalue weighted by Crippen LogP contribution is 2.28. The van der Waals surface area contributed by atoms with Gasteiger partial charge < -0.3 is 15.1 Å². The van der Waals surface area contributed by atoms with Gasteiger partial charge in [-0.1, -0.05) is 30.6 Å². The van der Waals surface area contributed by atoms with Gasteiger partial charge in [0.15, 0.2) is 0 Å². The molecule has 2 heterocycles. The van der Waals surface area contributed by atoms with E-state index in [1.165, 1.54) is 0 Å². The highest BCUT2D eigenvalue weighted by molar-refractivity contribution is 6.35. The van der Waals surface area contributed by atoms with E-state index in [-0.39, 0.29) is 32.2 Å². The molecule has 1 unspecified atom stereocenters. The quantitative estimate of drug-likeness (QED) is 0.721. The smallest absolute Gasteiger partial charge is 0.322 e. The van der Waals surface area contributed by atoms with Crippen LogP contribution in [0.15, 0.2) is 18.2 Å². The molecule has 7 nitrogen and oxygen atoms in total. The Kier molecular flexibility index (Phi) is 6.83. The lowest BCUT2D eigenvalue weighted by molar-refractivity contribution is -0.132. The van der Waals surface area contributed by atoms with E-state index in [0.29, 0.717) is 29.7 Å². The van der Waals surface area contributed by atoms with Crippen molar-refractivity contribution in [2.24, 2.45) is 0 Å². The number of halogens is 2. The van der Waals surface area contributed by atoms with Crippen LogP contribution in [0.5, 0.6) is 0 Å². The van der Waals surface area contributed by atoms with Gasteiger partial charge in [-0.2, -0.15) is 0 Å². The van der Waals surface area contributed by atoms with Crippen molar-refractivity contribution >= 4 is 46.7 Å². The topological polar surface area (TPSA) is 81.8 Å². The second-order valence-electron chi connectivity index (χ2n) is 7.25. The SMILES string of the molecule is C.C[C@H]1CN(C(=O)CCC2(C)NC(=O)NC2=O)CCN1c1cc(Cl)cc(Cl)c1. The molecule has 2 aliphatic rings. The number of imide groups is 1. The van der Waals surface area contributed by atoms with Crippen molar-refractivity contribution in [3.05, 3.63) is 28.2 Å².